The van der Waals surface area contributed by atoms with Crippen molar-refractivity contribution in [3.63, 3.8) is 0 Å². The number of rotatable bonds is 5. The monoisotopic (exact) mass is 246 g/mol. The lowest BCUT2D eigenvalue weighted by Crippen LogP contribution is -2.41. The van der Waals surface area contributed by atoms with Crippen molar-refractivity contribution < 1.29 is 0 Å². The first-order chi connectivity index (χ1) is 8.83. The third kappa shape index (κ3) is 3.32. The Morgan fingerprint density at radius 3 is 2.67 bits per heavy atom. The topological polar surface area (TPSA) is 24.9 Å². The van der Waals surface area contributed by atoms with Gasteiger partial charge in [-0.1, -0.05) is 39.2 Å². The van der Waals surface area contributed by atoms with Gasteiger partial charge in [0.2, 0.25) is 0 Å². The summed E-state index contributed by atoms with van der Waals surface area (Å²) in [7, 11) is 0. The lowest BCUT2D eigenvalue weighted by molar-refractivity contribution is 0.246. The highest BCUT2D eigenvalue weighted by molar-refractivity contribution is 5.12. The zero-order valence-electron chi connectivity index (χ0n) is 11.7. The second-order valence-corrected chi connectivity index (χ2v) is 5.52. The Balaban J connectivity index is 2.08. The van der Waals surface area contributed by atoms with E-state index in [-0.39, 0.29) is 0 Å². The molecule has 2 atom stereocenters. The summed E-state index contributed by atoms with van der Waals surface area (Å²) in [6, 6.07) is 6.85. The molecular weight excluding hydrogens is 220 g/mol. The van der Waals surface area contributed by atoms with Crippen molar-refractivity contribution in [2.24, 2.45) is 5.92 Å². The second-order valence-electron chi connectivity index (χ2n) is 5.52. The van der Waals surface area contributed by atoms with Gasteiger partial charge in [-0.3, -0.25) is 4.98 Å². The van der Waals surface area contributed by atoms with Gasteiger partial charge in [0, 0.05) is 23.9 Å². The highest BCUT2D eigenvalue weighted by atomic mass is 14.9. The molecular formula is C16H26N2. The van der Waals surface area contributed by atoms with Gasteiger partial charge in [0.25, 0.3) is 0 Å². The van der Waals surface area contributed by atoms with Gasteiger partial charge in [0.15, 0.2) is 0 Å². The number of hydrogen-bond acceptors (Lipinski definition) is 2. The Bertz CT molecular complexity index is 330. The molecule has 0 saturated heterocycles. The van der Waals surface area contributed by atoms with E-state index >= 15 is 0 Å². The van der Waals surface area contributed by atoms with E-state index in [0.29, 0.717) is 12.0 Å². The molecule has 2 unspecified atom stereocenters. The first-order valence-corrected chi connectivity index (χ1v) is 7.47. The number of likely N-dealkylation sites (N-methyl/N-ethyl adjacent to an activating group) is 1. The molecule has 1 aliphatic carbocycles. The van der Waals surface area contributed by atoms with Gasteiger partial charge < -0.3 is 5.32 Å². The first-order valence-electron chi connectivity index (χ1n) is 7.47. The van der Waals surface area contributed by atoms with Gasteiger partial charge in [0.05, 0.1) is 0 Å². The van der Waals surface area contributed by atoms with Crippen LogP contribution in [0.5, 0.6) is 0 Å². The van der Waals surface area contributed by atoms with E-state index in [1.807, 2.05) is 12.3 Å². The smallest absolute Gasteiger partial charge is 0.0447 e. The molecule has 2 rings (SSSR count). The molecule has 100 valence electrons. The third-order valence-electron chi connectivity index (χ3n) is 4.29. The molecule has 18 heavy (non-hydrogen) atoms. The van der Waals surface area contributed by atoms with Crippen molar-refractivity contribution in [1.82, 2.24) is 10.3 Å². The number of nitrogens with one attached hydrogen (secondary N) is 1. The fraction of sp³-hybridized carbons (Fsp3) is 0.688. The maximum atomic E-state index is 4.54. The molecule has 0 aromatic carbocycles. The van der Waals surface area contributed by atoms with Crippen LogP contribution >= 0.6 is 0 Å². The molecule has 0 radical (unpaired) electrons. The van der Waals surface area contributed by atoms with Crippen LogP contribution in [0.15, 0.2) is 24.4 Å². The molecule has 1 fully saturated rings. The van der Waals surface area contributed by atoms with Crippen LogP contribution in [0.25, 0.3) is 0 Å². The summed E-state index contributed by atoms with van der Waals surface area (Å²) in [6.45, 7) is 5.59. The average molecular weight is 246 g/mol. The van der Waals surface area contributed by atoms with Crippen molar-refractivity contribution >= 4 is 0 Å². The van der Waals surface area contributed by atoms with Gasteiger partial charge in [-0.2, -0.15) is 0 Å². The van der Waals surface area contributed by atoms with Crippen LogP contribution in [0.4, 0.5) is 0 Å². The Hall–Kier alpha value is -0.890. The summed E-state index contributed by atoms with van der Waals surface area (Å²) in [4.78, 5) is 4.54. The van der Waals surface area contributed by atoms with Crippen LogP contribution in [-0.2, 0) is 0 Å². The Kier molecular flexibility index (Phi) is 5.18. The van der Waals surface area contributed by atoms with E-state index in [1.54, 1.807) is 0 Å². The minimum absolute atomic E-state index is 0.509. The number of aromatic nitrogens is 1. The summed E-state index contributed by atoms with van der Waals surface area (Å²) in [6.07, 6.45) is 8.91. The highest BCUT2D eigenvalue weighted by Crippen LogP contribution is 2.32. The van der Waals surface area contributed by atoms with Crippen LogP contribution in [0, 0.1) is 5.92 Å². The largest absolute Gasteiger partial charge is 0.313 e. The molecule has 1 aliphatic rings. The van der Waals surface area contributed by atoms with Crippen molar-refractivity contribution in [3.05, 3.63) is 30.1 Å². The summed E-state index contributed by atoms with van der Waals surface area (Å²) in [5.41, 5.74) is 1.23. The second kappa shape index (κ2) is 6.89. The Morgan fingerprint density at radius 1 is 1.28 bits per heavy atom. The predicted octanol–water partition coefficient (Wildman–Crippen LogP) is 3.74. The molecule has 1 heterocycles. The zero-order valence-corrected chi connectivity index (χ0v) is 11.7. The van der Waals surface area contributed by atoms with Gasteiger partial charge in [-0.15, -0.1) is 0 Å². The lowest BCUT2D eigenvalue weighted by atomic mass is 9.78. The molecule has 0 aliphatic heterocycles. The van der Waals surface area contributed by atoms with Gasteiger partial charge in [-0.25, -0.2) is 0 Å². The summed E-state index contributed by atoms with van der Waals surface area (Å²) >= 11 is 0. The van der Waals surface area contributed by atoms with Crippen LogP contribution in [0.3, 0.4) is 0 Å². The van der Waals surface area contributed by atoms with Crippen LogP contribution < -0.4 is 5.32 Å². The molecule has 0 bridgehead atoms. The van der Waals surface area contributed by atoms with E-state index in [9.17, 15) is 0 Å². The molecule has 0 amide bonds. The van der Waals surface area contributed by atoms with E-state index in [4.69, 9.17) is 0 Å². The van der Waals surface area contributed by atoms with Crippen molar-refractivity contribution in [2.75, 3.05) is 6.54 Å². The van der Waals surface area contributed by atoms with E-state index in [2.05, 4.69) is 36.3 Å². The summed E-state index contributed by atoms with van der Waals surface area (Å²) in [5.74, 6) is 1.34. The average Bonchev–Trinajstić information content (AvgIpc) is 2.46. The fourth-order valence-corrected chi connectivity index (χ4v) is 3.31. The van der Waals surface area contributed by atoms with Crippen molar-refractivity contribution in [2.45, 2.75) is 57.9 Å². The number of pyridine rings is 1. The molecule has 2 nitrogen and oxygen atoms in total. The van der Waals surface area contributed by atoms with Gasteiger partial charge >= 0.3 is 0 Å². The Labute approximate surface area is 111 Å². The molecule has 1 aromatic rings. The van der Waals surface area contributed by atoms with Crippen molar-refractivity contribution in [3.8, 4) is 0 Å². The molecule has 0 spiro atoms. The number of nitrogens with zero attached hydrogens (tertiary/aromatic N) is 1. The summed E-state index contributed by atoms with van der Waals surface area (Å²) in [5, 5.41) is 3.71. The Morgan fingerprint density at radius 2 is 2.06 bits per heavy atom. The fourth-order valence-electron chi connectivity index (χ4n) is 3.31. The molecule has 1 saturated carbocycles. The minimum atomic E-state index is 0.509. The third-order valence-corrected chi connectivity index (χ3v) is 4.29. The maximum Gasteiger partial charge on any atom is 0.0447 e. The van der Waals surface area contributed by atoms with E-state index < -0.39 is 0 Å². The quantitative estimate of drug-likeness (QED) is 0.856. The van der Waals surface area contributed by atoms with Crippen LogP contribution in [0.1, 0.15) is 57.6 Å². The molecule has 2 heteroatoms. The van der Waals surface area contributed by atoms with E-state index in [0.717, 1.165) is 12.5 Å². The number of hydrogen-bond donors (Lipinski definition) is 1. The van der Waals surface area contributed by atoms with Gasteiger partial charge in [0.1, 0.15) is 0 Å². The molecule has 1 aromatic heterocycles. The van der Waals surface area contributed by atoms with E-state index in [1.165, 1.54) is 37.8 Å². The summed E-state index contributed by atoms with van der Waals surface area (Å²) < 4.78 is 0. The van der Waals surface area contributed by atoms with Crippen LogP contribution in [-0.4, -0.2) is 17.6 Å². The van der Waals surface area contributed by atoms with Gasteiger partial charge in [-0.05, 0) is 37.4 Å². The SMILES string of the molecule is CCNC(C1CCCCC1)C(C)c1ccccn1. The first kappa shape index (κ1) is 13.5. The van der Waals surface area contributed by atoms with Crippen molar-refractivity contribution in [1.29, 1.82) is 0 Å². The minimum Gasteiger partial charge on any atom is -0.313 e. The highest BCUT2D eigenvalue weighted by Gasteiger charge is 2.28. The zero-order chi connectivity index (χ0) is 12.8. The maximum absolute atomic E-state index is 4.54. The molecule has 1 N–H and O–H groups in total. The standard InChI is InChI=1S/C16H26N2/c1-3-17-16(14-9-5-4-6-10-14)13(2)15-11-7-8-12-18-15/h7-8,11-14,16-17H,3-6,9-10H2,1-2H3. The normalized spacial score (nSPS) is 20.6. The lowest BCUT2D eigenvalue weighted by Gasteiger charge is -2.34. The van der Waals surface area contributed by atoms with Crippen LogP contribution in [0.2, 0.25) is 0 Å². The predicted molar refractivity (Wildman–Crippen MR) is 76.7 cm³/mol.